The van der Waals surface area contributed by atoms with Crippen LogP contribution in [0.15, 0.2) is 11.8 Å². The molecule has 0 amide bonds. The molecule has 0 spiro atoms. The third-order valence-corrected chi connectivity index (χ3v) is 11.1. The Morgan fingerprint density at radius 1 is 1.10 bits per heavy atom. The molecule has 1 unspecified atom stereocenters. The van der Waals surface area contributed by atoms with Crippen LogP contribution in [-0.2, 0) is 4.43 Å². The molecular formula is C18H36OSi. The van der Waals surface area contributed by atoms with Gasteiger partial charge in [0, 0.05) is 6.42 Å². The van der Waals surface area contributed by atoms with Gasteiger partial charge in [-0.15, -0.1) is 0 Å². The Kier molecular flexibility index (Phi) is 6.83. The third-order valence-electron chi connectivity index (χ3n) is 5.09. The van der Waals surface area contributed by atoms with Gasteiger partial charge in [0.2, 0.25) is 0 Å². The van der Waals surface area contributed by atoms with Crippen LogP contribution in [0.25, 0.3) is 0 Å². The molecular weight excluding hydrogens is 260 g/mol. The van der Waals surface area contributed by atoms with E-state index in [1.807, 2.05) is 0 Å². The van der Waals surface area contributed by atoms with Crippen LogP contribution in [0.4, 0.5) is 0 Å². The maximum absolute atomic E-state index is 6.84. The van der Waals surface area contributed by atoms with Gasteiger partial charge in [0.25, 0.3) is 8.32 Å². The second-order valence-electron chi connectivity index (χ2n) is 7.49. The zero-order chi connectivity index (χ0) is 15.3. The fourth-order valence-electron chi connectivity index (χ4n) is 4.23. The van der Waals surface area contributed by atoms with Crippen molar-refractivity contribution in [2.75, 3.05) is 0 Å². The monoisotopic (exact) mass is 296 g/mol. The SMILES string of the molecule is CCCC1C=C(O[Si](C(C)C)(C(C)C)C(C)C)CCC1. The Morgan fingerprint density at radius 3 is 2.10 bits per heavy atom. The Morgan fingerprint density at radius 2 is 1.65 bits per heavy atom. The van der Waals surface area contributed by atoms with Crippen LogP contribution in [-0.4, -0.2) is 8.32 Å². The summed E-state index contributed by atoms with van der Waals surface area (Å²) in [5.41, 5.74) is 2.03. The van der Waals surface area contributed by atoms with Gasteiger partial charge < -0.3 is 4.43 Å². The van der Waals surface area contributed by atoms with E-state index >= 15 is 0 Å². The molecule has 1 aliphatic rings. The molecule has 0 N–H and O–H groups in total. The predicted molar refractivity (Wildman–Crippen MR) is 92.5 cm³/mol. The van der Waals surface area contributed by atoms with E-state index in [4.69, 9.17) is 4.43 Å². The first-order chi connectivity index (χ1) is 9.34. The lowest BCUT2D eigenvalue weighted by molar-refractivity contribution is 0.322. The Bertz CT molecular complexity index is 296. The van der Waals surface area contributed by atoms with Gasteiger partial charge in [0.15, 0.2) is 0 Å². The van der Waals surface area contributed by atoms with Gasteiger partial charge >= 0.3 is 0 Å². The van der Waals surface area contributed by atoms with Crippen LogP contribution in [0.3, 0.4) is 0 Å². The third kappa shape index (κ3) is 3.90. The first-order valence-electron chi connectivity index (χ1n) is 8.74. The minimum absolute atomic E-state index is 0.676. The first-order valence-corrected chi connectivity index (χ1v) is 10.9. The lowest BCUT2D eigenvalue weighted by atomic mass is 9.91. The van der Waals surface area contributed by atoms with E-state index in [0.717, 1.165) is 5.92 Å². The lowest BCUT2D eigenvalue weighted by Crippen LogP contribution is -2.47. The highest BCUT2D eigenvalue weighted by atomic mass is 28.4. The van der Waals surface area contributed by atoms with E-state index < -0.39 is 8.32 Å². The average molecular weight is 297 g/mol. The lowest BCUT2D eigenvalue weighted by Gasteiger charge is -2.43. The van der Waals surface area contributed by atoms with Crippen LogP contribution in [0.2, 0.25) is 16.6 Å². The standard InChI is InChI=1S/C18H36OSi/c1-8-10-17-11-9-12-18(13-17)19-20(14(2)3,15(4)5)16(6)7/h13-17H,8-12H2,1-7H3. The van der Waals surface area contributed by atoms with Gasteiger partial charge in [-0.05, 0) is 47.9 Å². The molecule has 1 aliphatic carbocycles. The van der Waals surface area contributed by atoms with Gasteiger partial charge in [-0.1, -0.05) is 54.9 Å². The van der Waals surface area contributed by atoms with Crippen molar-refractivity contribution in [2.45, 2.75) is 97.2 Å². The van der Waals surface area contributed by atoms with Gasteiger partial charge in [-0.25, -0.2) is 0 Å². The topological polar surface area (TPSA) is 9.23 Å². The molecule has 0 aromatic heterocycles. The van der Waals surface area contributed by atoms with Crippen molar-refractivity contribution in [1.82, 2.24) is 0 Å². The van der Waals surface area contributed by atoms with Gasteiger partial charge in [-0.3, -0.25) is 0 Å². The summed E-state index contributed by atoms with van der Waals surface area (Å²) in [7, 11) is -1.74. The molecule has 0 fully saturated rings. The predicted octanol–water partition coefficient (Wildman–Crippen LogP) is 6.66. The normalized spacial score (nSPS) is 20.7. The second-order valence-corrected chi connectivity index (χ2v) is 12.9. The summed E-state index contributed by atoms with van der Waals surface area (Å²) >= 11 is 0. The quantitative estimate of drug-likeness (QED) is 0.477. The van der Waals surface area contributed by atoms with Gasteiger partial charge in [0.1, 0.15) is 0 Å². The molecule has 0 saturated carbocycles. The van der Waals surface area contributed by atoms with Crippen molar-refractivity contribution in [2.24, 2.45) is 5.92 Å². The largest absolute Gasteiger partial charge is 0.546 e. The molecule has 0 bridgehead atoms. The fraction of sp³-hybridized carbons (Fsp3) is 0.889. The first kappa shape index (κ1) is 17.8. The minimum Gasteiger partial charge on any atom is -0.546 e. The summed E-state index contributed by atoms with van der Waals surface area (Å²) in [5, 5.41) is 0. The number of hydrogen-bond acceptors (Lipinski definition) is 1. The Balaban J connectivity index is 2.95. The highest BCUT2D eigenvalue weighted by Gasteiger charge is 2.47. The maximum atomic E-state index is 6.84. The van der Waals surface area contributed by atoms with Crippen LogP contribution < -0.4 is 0 Å². The van der Waals surface area contributed by atoms with E-state index in [0.29, 0.717) is 16.6 Å². The van der Waals surface area contributed by atoms with E-state index in [2.05, 4.69) is 54.5 Å². The van der Waals surface area contributed by atoms with Crippen molar-refractivity contribution in [3.8, 4) is 0 Å². The van der Waals surface area contributed by atoms with Crippen molar-refractivity contribution < 1.29 is 4.43 Å². The molecule has 2 heteroatoms. The van der Waals surface area contributed by atoms with Crippen molar-refractivity contribution >= 4 is 8.32 Å². The van der Waals surface area contributed by atoms with Crippen LogP contribution in [0, 0.1) is 5.92 Å². The molecule has 0 saturated heterocycles. The van der Waals surface area contributed by atoms with E-state index in [1.165, 1.54) is 37.9 Å². The number of hydrogen-bond donors (Lipinski definition) is 0. The molecule has 118 valence electrons. The molecule has 0 heterocycles. The van der Waals surface area contributed by atoms with Crippen LogP contribution >= 0.6 is 0 Å². The van der Waals surface area contributed by atoms with Crippen molar-refractivity contribution in [3.05, 3.63) is 11.8 Å². The van der Waals surface area contributed by atoms with Gasteiger partial charge in [-0.2, -0.15) is 0 Å². The molecule has 0 aromatic carbocycles. The van der Waals surface area contributed by atoms with E-state index in [9.17, 15) is 0 Å². The molecule has 0 aliphatic heterocycles. The van der Waals surface area contributed by atoms with E-state index in [-0.39, 0.29) is 0 Å². The number of rotatable bonds is 7. The summed E-state index contributed by atoms with van der Waals surface area (Å²) in [5.74, 6) is 2.10. The van der Waals surface area contributed by atoms with Crippen molar-refractivity contribution in [3.63, 3.8) is 0 Å². The molecule has 1 rings (SSSR count). The summed E-state index contributed by atoms with van der Waals surface area (Å²) < 4.78 is 6.84. The second kappa shape index (κ2) is 7.68. The molecule has 20 heavy (non-hydrogen) atoms. The zero-order valence-corrected chi connectivity index (χ0v) is 15.8. The summed E-state index contributed by atoms with van der Waals surface area (Å²) in [6.07, 6.45) is 8.93. The number of allylic oxidation sites excluding steroid dienone is 2. The zero-order valence-electron chi connectivity index (χ0n) is 14.8. The molecule has 1 atom stereocenters. The Labute approximate surface area is 128 Å². The maximum Gasteiger partial charge on any atom is 0.258 e. The summed E-state index contributed by atoms with van der Waals surface area (Å²) in [6.45, 7) is 16.5. The highest BCUT2D eigenvalue weighted by molar-refractivity contribution is 6.77. The molecule has 1 nitrogen and oxygen atoms in total. The van der Waals surface area contributed by atoms with Gasteiger partial charge in [0.05, 0.1) is 5.76 Å². The van der Waals surface area contributed by atoms with Crippen molar-refractivity contribution in [1.29, 1.82) is 0 Å². The smallest absolute Gasteiger partial charge is 0.258 e. The summed E-state index contributed by atoms with van der Waals surface area (Å²) in [4.78, 5) is 0. The fourth-order valence-corrected chi connectivity index (χ4v) is 9.56. The molecule has 0 aromatic rings. The average Bonchev–Trinajstić information content (AvgIpc) is 2.35. The minimum atomic E-state index is -1.74. The van der Waals surface area contributed by atoms with Crippen LogP contribution in [0.5, 0.6) is 0 Å². The van der Waals surface area contributed by atoms with E-state index in [1.54, 1.807) is 0 Å². The Hall–Kier alpha value is -0.243. The van der Waals surface area contributed by atoms with Crippen LogP contribution in [0.1, 0.15) is 80.6 Å². The highest BCUT2D eigenvalue weighted by Crippen LogP contribution is 2.45. The summed E-state index contributed by atoms with van der Waals surface area (Å²) in [6, 6.07) is 0. The molecule has 0 radical (unpaired) electrons.